The summed E-state index contributed by atoms with van der Waals surface area (Å²) in [5.74, 6) is 1.02. The first-order valence-corrected chi connectivity index (χ1v) is 11.4. The van der Waals surface area contributed by atoms with Crippen molar-refractivity contribution in [1.82, 2.24) is 15.3 Å². The number of benzene rings is 1. The van der Waals surface area contributed by atoms with E-state index in [-0.39, 0.29) is 11.2 Å². The lowest BCUT2D eigenvalue weighted by atomic mass is 9.69. The minimum atomic E-state index is -0.207. The number of anilines is 2. The molecule has 1 aliphatic heterocycles. The first-order chi connectivity index (χ1) is 14.5. The molecule has 1 saturated carbocycles. The SMILES string of the molecule is Fc1ccc(C2(CNC(=S)Nc3nc(Cl)cc(N4CCCC4)n3)CCCCC2)cc1. The fraction of sp³-hybridized carbons (Fsp3) is 0.500. The van der Waals surface area contributed by atoms with Gasteiger partial charge in [-0.25, -0.2) is 9.37 Å². The molecule has 1 aromatic carbocycles. The van der Waals surface area contributed by atoms with Gasteiger partial charge in [0.1, 0.15) is 16.8 Å². The third-order valence-corrected chi connectivity index (χ3v) is 6.63. The zero-order valence-corrected chi connectivity index (χ0v) is 18.5. The minimum Gasteiger partial charge on any atom is -0.361 e. The quantitative estimate of drug-likeness (QED) is 0.493. The van der Waals surface area contributed by atoms with E-state index < -0.39 is 0 Å². The highest BCUT2D eigenvalue weighted by Crippen LogP contribution is 2.39. The van der Waals surface area contributed by atoms with Crippen molar-refractivity contribution in [3.8, 4) is 0 Å². The standard InChI is InChI=1S/C22H27ClFN5S/c23-18-14-19(29-12-4-5-13-29)27-20(26-18)28-21(30)25-15-22(10-2-1-3-11-22)16-6-8-17(24)9-7-16/h6-9,14H,1-5,10-13,15H2,(H2,25,26,27,28,30). The Morgan fingerprint density at radius 2 is 1.77 bits per heavy atom. The Balaban J connectivity index is 1.43. The maximum Gasteiger partial charge on any atom is 0.232 e. The average Bonchev–Trinajstić information content (AvgIpc) is 3.28. The molecule has 0 atom stereocenters. The maximum absolute atomic E-state index is 13.4. The molecule has 30 heavy (non-hydrogen) atoms. The molecule has 0 bridgehead atoms. The van der Waals surface area contributed by atoms with E-state index >= 15 is 0 Å². The van der Waals surface area contributed by atoms with Crippen LogP contribution in [0.4, 0.5) is 16.2 Å². The van der Waals surface area contributed by atoms with Crippen molar-refractivity contribution in [1.29, 1.82) is 0 Å². The first kappa shape index (κ1) is 21.2. The van der Waals surface area contributed by atoms with Gasteiger partial charge in [-0.15, -0.1) is 0 Å². The molecule has 160 valence electrons. The Morgan fingerprint density at radius 1 is 1.07 bits per heavy atom. The van der Waals surface area contributed by atoms with E-state index in [1.807, 2.05) is 12.1 Å². The third kappa shape index (κ3) is 5.01. The molecule has 8 heteroatoms. The smallest absolute Gasteiger partial charge is 0.232 e. The summed E-state index contributed by atoms with van der Waals surface area (Å²) in [5.41, 5.74) is 1.11. The molecule has 0 unspecified atom stereocenters. The van der Waals surface area contributed by atoms with Gasteiger partial charge in [-0.3, -0.25) is 0 Å². The van der Waals surface area contributed by atoms with Gasteiger partial charge in [0, 0.05) is 31.1 Å². The zero-order chi connectivity index (χ0) is 21.0. The number of rotatable bonds is 5. The summed E-state index contributed by atoms with van der Waals surface area (Å²) in [6, 6.07) is 8.69. The molecule has 0 spiro atoms. The van der Waals surface area contributed by atoms with Crippen LogP contribution in [0, 0.1) is 5.82 Å². The van der Waals surface area contributed by atoms with E-state index in [4.69, 9.17) is 23.8 Å². The Hall–Kier alpha value is -1.99. The van der Waals surface area contributed by atoms with E-state index in [2.05, 4.69) is 25.5 Å². The van der Waals surface area contributed by atoms with Crippen molar-refractivity contribution in [3.05, 3.63) is 46.9 Å². The highest BCUT2D eigenvalue weighted by molar-refractivity contribution is 7.80. The second-order valence-corrected chi connectivity index (χ2v) is 9.02. The van der Waals surface area contributed by atoms with Crippen LogP contribution in [-0.4, -0.2) is 34.7 Å². The van der Waals surface area contributed by atoms with Crippen LogP contribution >= 0.6 is 23.8 Å². The summed E-state index contributed by atoms with van der Waals surface area (Å²) in [5, 5.41) is 7.31. The van der Waals surface area contributed by atoms with Crippen LogP contribution in [-0.2, 0) is 5.41 Å². The van der Waals surface area contributed by atoms with Gasteiger partial charge >= 0.3 is 0 Å². The van der Waals surface area contributed by atoms with E-state index in [1.54, 1.807) is 18.2 Å². The van der Waals surface area contributed by atoms with E-state index in [1.165, 1.54) is 6.42 Å². The fourth-order valence-electron chi connectivity index (χ4n) is 4.56. The summed E-state index contributed by atoms with van der Waals surface area (Å²) in [7, 11) is 0. The molecular formula is C22H27ClFN5S. The molecule has 2 aromatic rings. The number of halogens is 2. The molecule has 2 heterocycles. The second-order valence-electron chi connectivity index (χ2n) is 8.22. The number of thiocarbonyl (C=S) groups is 1. The van der Waals surface area contributed by atoms with Gasteiger partial charge < -0.3 is 15.5 Å². The second kappa shape index (κ2) is 9.43. The van der Waals surface area contributed by atoms with Crippen molar-refractivity contribution in [2.75, 3.05) is 29.9 Å². The van der Waals surface area contributed by atoms with Crippen molar-refractivity contribution >= 4 is 40.7 Å². The Morgan fingerprint density at radius 3 is 2.47 bits per heavy atom. The van der Waals surface area contributed by atoms with Gasteiger partial charge in [0.25, 0.3) is 0 Å². The molecule has 4 rings (SSSR count). The van der Waals surface area contributed by atoms with Crippen LogP contribution in [0.5, 0.6) is 0 Å². The monoisotopic (exact) mass is 447 g/mol. The molecule has 1 aromatic heterocycles. The molecule has 2 aliphatic rings. The van der Waals surface area contributed by atoms with Crippen molar-refractivity contribution in [3.63, 3.8) is 0 Å². The van der Waals surface area contributed by atoms with Gasteiger partial charge in [-0.2, -0.15) is 4.98 Å². The van der Waals surface area contributed by atoms with Gasteiger partial charge in [-0.05, 0) is 55.6 Å². The Bertz CT molecular complexity index is 880. The van der Waals surface area contributed by atoms with E-state index in [0.29, 0.717) is 22.8 Å². The Labute approximate surface area is 187 Å². The molecule has 2 fully saturated rings. The molecule has 5 nitrogen and oxygen atoms in total. The summed E-state index contributed by atoms with van der Waals surface area (Å²) in [4.78, 5) is 11.1. The minimum absolute atomic E-state index is 0.0480. The summed E-state index contributed by atoms with van der Waals surface area (Å²) < 4.78 is 13.4. The number of nitrogens with zero attached hydrogens (tertiary/aromatic N) is 3. The predicted molar refractivity (Wildman–Crippen MR) is 124 cm³/mol. The van der Waals surface area contributed by atoms with Gasteiger partial charge in [-0.1, -0.05) is 43.0 Å². The van der Waals surface area contributed by atoms with Crippen molar-refractivity contribution < 1.29 is 4.39 Å². The molecule has 2 N–H and O–H groups in total. The molecule has 0 amide bonds. The number of hydrogen-bond donors (Lipinski definition) is 2. The average molecular weight is 448 g/mol. The van der Waals surface area contributed by atoms with Gasteiger partial charge in [0.2, 0.25) is 5.95 Å². The van der Waals surface area contributed by atoms with Crippen LogP contribution in [0.15, 0.2) is 30.3 Å². The normalized spacial score (nSPS) is 18.3. The predicted octanol–water partition coefficient (Wildman–Crippen LogP) is 5.06. The van der Waals surface area contributed by atoms with Gasteiger partial charge in [0.05, 0.1) is 0 Å². The molecule has 1 aliphatic carbocycles. The molecule has 1 saturated heterocycles. The zero-order valence-electron chi connectivity index (χ0n) is 17.0. The van der Waals surface area contributed by atoms with Crippen LogP contribution in [0.1, 0.15) is 50.5 Å². The fourth-order valence-corrected chi connectivity index (χ4v) is 4.91. The van der Waals surface area contributed by atoms with E-state index in [9.17, 15) is 4.39 Å². The summed E-state index contributed by atoms with van der Waals surface area (Å²) in [6.45, 7) is 2.65. The third-order valence-electron chi connectivity index (χ3n) is 6.19. The van der Waals surface area contributed by atoms with Crippen molar-refractivity contribution in [2.45, 2.75) is 50.4 Å². The largest absolute Gasteiger partial charge is 0.361 e. The highest BCUT2D eigenvalue weighted by atomic mass is 35.5. The molecular weight excluding hydrogens is 421 g/mol. The van der Waals surface area contributed by atoms with Crippen LogP contribution in [0.3, 0.4) is 0 Å². The van der Waals surface area contributed by atoms with Crippen LogP contribution < -0.4 is 15.5 Å². The lowest BCUT2D eigenvalue weighted by Gasteiger charge is -2.38. The van der Waals surface area contributed by atoms with Crippen molar-refractivity contribution in [2.24, 2.45) is 0 Å². The lowest BCUT2D eigenvalue weighted by Crippen LogP contribution is -2.43. The highest BCUT2D eigenvalue weighted by Gasteiger charge is 2.34. The van der Waals surface area contributed by atoms with Crippen LogP contribution in [0.2, 0.25) is 5.15 Å². The summed E-state index contributed by atoms with van der Waals surface area (Å²) >= 11 is 11.7. The number of nitrogens with one attached hydrogen (secondary N) is 2. The van der Waals surface area contributed by atoms with E-state index in [0.717, 1.165) is 63.0 Å². The summed E-state index contributed by atoms with van der Waals surface area (Å²) in [6.07, 6.45) is 8.00. The Kier molecular flexibility index (Phi) is 6.68. The number of hydrogen-bond acceptors (Lipinski definition) is 4. The topological polar surface area (TPSA) is 53.1 Å². The molecule has 0 radical (unpaired) electrons. The van der Waals surface area contributed by atoms with Crippen LogP contribution in [0.25, 0.3) is 0 Å². The number of aromatic nitrogens is 2. The first-order valence-electron chi connectivity index (χ1n) is 10.6. The van der Waals surface area contributed by atoms with Gasteiger partial charge in [0.15, 0.2) is 5.11 Å². The lowest BCUT2D eigenvalue weighted by molar-refractivity contribution is 0.292. The maximum atomic E-state index is 13.4.